The maximum Gasteiger partial charge on any atom is 0.242 e. The summed E-state index contributed by atoms with van der Waals surface area (Å²) in [5.74, 6) is 0.581. The van der Waals surface area contributed by atoms with E-state index in [1.54, 1.807) is 19.9 Å². The van der Waals surface area contributed by atoms with E-state index in [0.717, 1.165) is 0 Å². The standard InChI is InChI=1S/C13H16ClN3O3S/c1-8-11(9(2)20-17-8)7-16-21(18,19)13-5-10(6-15)3-4-12(13)14/h3-5,16H,6-7,15H2,1-2H3. The summed E-state index contributed by atoms with van der Waals surface area (Å²) >= 11 is 5.97. The van der Waals surface area contributed by atoms with Crippen molar-refractivity contribution in [2.75, 3.05) is 0 Å². The number of halogens is 1. The summed E-state index contributed by atoms with van der Waals surface area (Å²) in [6, 6.07) is 4.68. The molecule has 0 bridgehead atoms. The molecule has 0 saturated heterocycles. The summed E-state index contributed by atoms with van der Waals surface area (Å²) in [4.78, 5) is 0.0128. The number of aromatic nitrogens is 1. The molecule has 0 saturated carbocycles. The predicted molar refractivity (Wildman–Crippen MR) is 79.3 cm³/mol. The highest BCUT2D eigenvalue weighted by Gasteiger charge is 2.20. The molecule has 21 heavy (non-hydrogen) atoms. The number of hydrogen-bond acceptors (Lipinski definition) is 5. The second-order valence-electron chi connectivity index (χ2n) is 4.60. The van der Waals surface area contributed by atoms with Gasteiger partial charge in [0.15, 0.2) is 0 Å². The summed E-state index contributed by atoms with van der Waals surface area (Å²) in [6.45, 7) is 3.81. The second kappa shape index (κ2) is 6.15. The van der Waals surface area contributed by atoms with E-state index in [1.165, 1.54) is 12.1 Å². The molecular formula is C13H16ClN3O3S. The Bertz CT molecular complexity index is 737. The molecule has 0 spiro atoms. The molecule has 1 heterocycles. The molecule has 2 rings (SSSR count). The summed E-state index contributed by atoms with van der Waals surface area (Å²) < 4.78 is 32.2. The molecule has 0 aliphatic heterocycles. The van der Waals surface area contributed by atoms with Crippen molar-refractivity contribution in [1.82, 2.24) is 9.88 Å². The molecule has 0 atom stereocenters. The van der Waals surface area contributed by atoms with Crippen molar-refractivity contribution in [2.24, 2.45) is 5.73 Å². The van der Waals surface area contributed by atoms with E-state index in [1.807, 2.05) is 0 Å². The summed E-state index contributed by atoms with van der Waals surface area (Å²) in [5.41, 5.74) is 7.58. The third kappa shape index (κ3) is 3.44. The van der Waals surface area contributed by atoms with E-state index >= 15 is 0 Å². The van der Waals surface area contributed by atoms with Gasteiger partial charge in [0.1, 0.15) is 10.7 Å². The van der Waals surface area contributed by atoms with E-state index in [2.05, 4.69) is 9.88 Å². The summed E-state index contributed by atoms with van der Waals surface area (Å²) in [7, 11) is -3.74. The van der Waals surface area contributed by atoms with Crippen molar-refractivity contribution in [1.29, 1.82) is 0 Å². The van der Waals surface area contributed by atoms with Crippen LogP contribution in [0.4, 0.5) is 0 Å². The van der Waals surface area contributed by atoms with Gasteiger partial charge in [-0.15, -0.1) is 0 Å². The van der Waals surface area contributed by atoms with Crippen molar-refractivity contribution in [3.8, 4) is 0 Å². The first-order chi connectivity index (χ1) is 9.85. The first-order valence-corrected chi connectivity index (χ1v) is 8.11. The molecule has 8 heteroatoms. The van der Waals surface area contributed by atoms with Gasteiger partial charge in [-0.05, 0) is 31.5 Å². The van der Waals surface area contributed by atoms with Crippen LogP contribution >= 0.6 is 11.6 Å². The molecule has 0 aliphatic carbocycles. The van der Waals surface area contributed by atoms with Crippen LogP contribution in [0.25, 0.3) is 0 Å². The summed E-state index contributed by atoms with van der Waals surface area (Å²) in [6.07, 6.45) is 0. The third-order valence-electron chi connectivity index (χ3n) is 3.14. The molecule has 2 aromatic rings. The van der Waals surface area contributed by atoms with E-state index < -0.39 is 10.0 Å². The Kier molecular flexibility index (Phi) is 4.67. The van der Waals surface area contributed by atoms with Gasteiger partial charge >= 0.3 is 0 Å². The van der Waals surface area contributed by atoms with Crippen LogP contribution in [0, 0.1) is 13.8 Å². The largest absolute Gasteiger partial charge is 0.361 e. The van der Waals surface area contributed by atoms with E-state index in [0.29, 0.717) is 22.6 Å². The Hall–Kier alpha value is -1.41. The number of nitrogens with two attached hydrogens (primary N) is 1. The number of aryl methyl sites for hydroxylation is 2. The number of nitrogens with one attached hydrogen (secondary N) is 1. The first kappa shape index (κ1) is 16.0. The fourth-order valence-electron chi connectivity index (χ4n) is 1.88. The number of rotatable bonds is 5. The lowest BCUT2D eigenvalue weighted by Gasteiger charge is -2.09. The fraction of sp³-hybridized carbons (Fsp3) is 0.308. The molecule has 0 aliphatic rings. The first-order valence-electron chi connectivity index (χ1n) is 6.25. The van der Waals surface area contributed by atoms with E-state index in [-0.39, 0.29) is 23.0 Å². The van der Waals surface area contributed by atoms with Gasteiger partial charge in [0.05, 0.1) is 10.7 Å². The molecule has 3 N–H and O–H groups in total. The van der Waals surface area contributed by atoms with Gasteiger partial charge in [0.2, 0.25) is 10.0 Å². The van der Waals surface area contributed by atoms with E-state index in [9.17, 15) is 8.42 Å². The van der Waals surface area contributed by atoms with Crippen LogP contribution < -0.4 is 10.5 Å². The number of sulfonamides is 1. The van der Waals surface area contributed by atoms with Crippen LogP contribution in [0.5, 0.6) is 0 Å². The Morgan fingerprint density at radius 1 is 1.38 bits per heavy atom. The van der Waals surface area contributed by atoms with Gasteiger partial charge in [0.25, 0.3) is 0 Å². The number of nitrogens with zero attached hydrogens (tertiary/aromatic N) is 1. The topological polar surface area (TPSA) is 98.2 Å². The maximum atomic E-state index is 12.4. The summed E-state index contributed by atoms with van der Waals surface area (Å²) in [5, 5.41) is 3.93. The van der Waals surface area contributed by atoms with Crippen LogP contribution in [0.3, 0.4) is 0 Å². The van der Waals surface area contributed by atoms with Crippen LogP contribution in [-0.4, -0.2) is 13.6 Å². The molecule has 1 aromatic heterocycles. The Morgan fingerprint density at radius 2 is 2.10 bits per heavy atom. The Labute approximate surface area is 128 Å². The minimum atomic E-state index is -3.74. The maximum absolute atomic E-state index is 12.4. The van der Waals surface area contributed by atoms with Crippen LogP contribution in [0.1, 0.15) is 22.6 Å². The van der Waals surface area contributed by atoms with Crippen molar-refractivity contribution < 1.29 is 12.9 Å². The lowest BCUT2D eigenvalue weighted by molar-refractivity contribution is 0.392. The molecule has 0 unspecified atom stereocenters. The zero-order valence-corrected chi connectivity index (χ0v) is 13.3. The van der Waals surface area contributed by atoms with Gasteiger partial charge in [-0.25, -0.2) is 13.1 Å². The molecule has 1 aromatic carbocycles. The van der Waals surface area contributed by atoms with Gasteiger partial charge < -0.3 is 10.3 Å². The number of hydrogen-bond donors (Lipinski definition) is 2. The Morgan fingerprint density at radius 3 is 2.67 bits per heavy atom. The smallest absolute Gasteiger partial charge is 0.242 e. The van der Waals surface area contributed by atoms with Gasteiger partial charge in [-0.1, -0.05) is 22.8 Å². The fourth-order valence-corrected chi connectivity index (χ4v) is 3.42. The number of benzene rings is 1. The third-order valence-corrected chi connectivity index (χ3v) is 5.02. The van der Waals surface area contributed by atoms with Gasteiger partial charge in [-0.2, -0.15) is 0 Å². The lowest BCUT2D eigenvalue weighted by atomic mass is 10.2. The molecule has 6 nitrogen and oxygen atoms in total. The average Bonchev–Trinajstić information content (AvgIpc) is 2.76. The average molecular weight is 330 g/mol. The minimum Gasteiger partial charge on any atom is -0.361 e. The molecular weight excluding hydrogens is 314 g/mol. The SMILES string of the molecule is Cc1noc(C)c1CNS(=O)(=O)c1cc(CN)ccc1Cl. The van der Waals surface area contributed by atoms with Crippen molar-refractivity contribution >= 4 is 21.6 Å². The van der Waals surface area contributed by atoms with E-state index in [4.69, 9.17) is 21.9 Å². The van der Waals surface area contributed by atoms with Crippen LogP contribution in [0.2, 0.25) is 5.02 Å². The van der Waals surface area contributed by atoms with Crippen molar-refractivity contribution in [3.63, 3.8) is 0 Å². The van der Waals surface area contributed by atoms with Gasteiger partial charge in [0, 0.05) is 18.7 Å². The van der Waals surface area contributed by atoms with Crippen molar-refractivity contribution in [3.05, 3.63) is 45.8 Å². The van der Waals surface area contributed by atoms with Crippen LogP contribution in [-0.2, 0) is 23.1 Å². The predicted octanol–water partition coefficient (Wildman–Crippen LogP) is 1.88. The highest BCUT2D eigenvalue weighted by atomic mass is 35.5. The van der Waals surface area contributed by atoms with Gasteiger partial charge in [-0.3, -0.25) is 0 Å². The molecule has 114 valence electrons. The highest BCUT2D eigenvalue weighted by molar-refractivity contribution is 7.89. The lowest BCUT2D eigenvalue weighted by Crippen LogP contribution is -2.24. The quantitative estimate of drug-likeness (QED) is 0.872. The van der Waals surface area contributed by atoms with Crippen LogP contribution in [0.15, 0.2) is 27.6 Å². The zero-order chi connectivity index (χ0) is 15.6. The highest BCUT2D eigenvalue weighted by Crippen LogP contribution is 2.23. The monoisotopic (exact) mass is 329 g/mol. The molecule has 0 radical (unpaired) electrons. The molecule has 0 amide bonds. The normalized spacial score (nSPS) is 11.8. The Balaban J connectivity index is 2.27. The second-order valence-corrected chi connectivity index (χ2v) is 6.74. The zero-order valence-electron chi connectivity index (χ0n) is 11.7. The molecule has 0 fully saturated rings. The minimum absolute atomic E-state index is 0.0128. The van der Waals surface area contributed by atoms with Crippen molar-refractivity contribution in [2.45, 2.75) is 31.8 Å².